The van der Waals surface area contributed by atoms with Gasteiger partial charge in [-0.25, -0.2) is 0 Å². The third-order valence-corrected chi connectivity index (χ3v) is 4.31. The van der Waals surface area contributed by atoms with Gasteiger partial charge in [0.15, 0.2) is 0 Å². The largest absolute Gasteiger partial charge is 0.387 e. The third-order valence-electron chi connectivity index (χ3n) is 4.31. The molecular weight excluding hydrogens is 258 g/mol. The molecule has 108 valence electrons. The zero-order chi connectivity index (χ0) is 14.8. The Balaban J connectivity index is 1.89. The van der Waals surface area contributed by atoms with Crippen molar-refractivity contribution in [2.45, 2.75) is 25.3 Å². The lowest BCUT2D eigenvalue weighted by Crippen LogP contribution is -2.37. The van der Waals surface area contributed by atoms with Crippen LogP contribution in [0.25, 0.3) is 0 Å². The van der Waals surface area contributed by atoms with Crippen LogP contribution in [0.4, 0.5) is 5.69 Å². The van der Waals surface area contributed by atoms with Crippen molar-refractivity contribution < 1.29 is 0 Å². The molecule has 2 atom stereocenters. The van der Waals surface area contributed by atoms with Gasteiger partial charge < -0.3 is 10.6 Å². The van der Waals surface area contributed by atoms with Crippen molar-refractivity contribution in [1.29, 1.82) is 5.41 Å². The van der Waals surface area contributed by atoms with Crippen LogP contribution >= 0.6 is 0 Å². The molecule has 1 aliphatic heterocycles. The number of anilines is 1. The van der Waals surface area contributed by atoms with Crippen molar-refractivity contribution in [3.05, 3.63) is 65.7 Å². The number of nitrogens with zero attached hydrogens (tertiary/aromatic N) is 1. The normalized spacial score (nSPS) is 18.3. The minimum atomic E-state index is -0.0557. The highest BCUT2D eigenvalue weighted by Gasteiger charge is 2.29. The van der Waals surface area contributed by atoms with Crippen molar-refractivity contribution in [3.8, 4) is 0 Å². The maximum atomic E-state index is 7.95. The average molecular weight is 279 g/mol. The summed E-state index contributed by atoms with van der Waals surface area (Å²) in [5.74, 6) is 0.178. The van der Waals surface area contributed by atoms with E-state index >= 15 is 0 Å². The molecule has 2 unspecified atom stereocenters. The standard InChI is InChI=1S/C18H21N3/c1-13-11-15-9-5-6-10-17(15)21(13)12-16(18(19)20)14-7-3-2-4-8-14/h2-10,13,16H,11-12H2,1H3,(H3,19,20). The molecule has 0 amide bonds. The van der Waals surface area contributed by atoms with E-state index in [4.69, 9.17) is 11.1 Å². The fourth-order valence-corrected chi connectivity index (χ4v) is 3.17. The van der Waals surface area contributed by atoms with Crippen LogP contribution in [0.5, 0.6) is 0 Å². The molecule has 0 radical (unpaired) electrons. The second kappa shape index (κ2) is 5.60. The molecule has 1 aliphatic rings. The number of para-hydroxylation sites is 1. The van der Waals surface area contributed by atoms with Gasteiger partial charge in [-0.2, -0.15) is 0 Å². The number of rotatable bonds is 4. The number of nitrogens with one attached hydrogen (secondary N) is 1. The highest BCUT2D eigenvalue weighted by atomic mass is 15.2. The molecule has 21 heavy (non-hydrogen) atoms. The monoisotopic (exact) mass is 279 g/mol. The van der Waals surface area contributed by atoms with Gasteiger partial charge in [-0.15, -0.1) is 0 Å². The Morgan fingerprint density at radius 2 is 1.86 bits per heavy atom. The van der Waals surface area contributed by atoms with E-state index in [9.17, 15) is 0 Å². The lowest BCUT2D eigenvalue weighted by Gasteiger charge is -2.29. The molecule has 3 heteroatoms. The molecule has 3 nitrogen and oxygen atoms in total. The highest BCUT2D eigenvalue weighted by molar-refractivity contribution is 5.85. The first kappa shape index (κ1) is 13.7. The van der Waals surface area contributed by atoms with Crippen molar-refractivity contribution in [1.82, 2.24) is 0 Å². The molecule has 3 rings (SSSR count). The van der Waals surface area contributed by atoms with Crippen LogP contribution in [0.2, 0.25) is 0 Å². The van der Waals surface area contributed by atoms with Gasteiger partial charge in [0.1, 0.15) is 0 Å². The van der Waals surface area contributed by atoms with Crippen LogP contribution in [-0.2, 0) is 6.42 Å². The summed E-state index contributed by atoms with van der Waals surface area (Å²) in [6.07, 6.45) is 1.07. The SMILES string of the molecule is CC1Cc2ccccc2N1CC(C(=N)N)c1ccccc1. The van der Waals surface area contributed by atoms with E-state index in [0.717, 1.165) is 18.5 Å². The average Bonchev–Trinajstić information content (AvgIpc) is 2.81. The first-order valence-electron chi connectivity index (χ1n) is 7.40. The zero-order valence-corrected chi connectivity index (χ0v) is 12.3. The number of amidine groups is 1. The molecule has 0 aliphatic carbocycles. The summed E-state index contributed by atoms with van der Waals surface area (Å²) in [6.45, 7) is 3.00. The van der Waals surface area contributed by atoms with Crippen molar-refractivity contribution >= 4 is 11.5 Å². The number of hydrogen-bond acceptors (Lipinski definition) is 2. The second-order valence-electron chi connectivity index (χ2n) is 5.75. The lowest BCUT2D eigenvalue weighted by atomic mass is 9.97. The van der Waals surface area contributed by atoms with Crippen molar-refractivity contribution in [2.24, 2.45) is 5.73 Å². The minimum absolute atomic E-state index is 0.0557. The van der Waals surface area contributed by atoms with Crippen molar-refractivity contribution in [2.75, 3.05) is 11.4 Å². The number of benzene rings is 2. The van der Waals surface area contributed by atoms with E-state index < -0.39 is 0 Å². The first-order valence-corrected chi connectivity index (χ1v) is 7.40. The highest BCUT2D eigenvalue weighted by Crippen LogP contribution is 2.33. The van der Waals surface area contributed by atoms with E-state index in [1.54, 1.807) is 0 Å². The molecule has 0 spiro atoms. The molecule has 0 aromatic heterocycles. The topological polar surface area (TPSA) is 53.1 Å². The van der Waals surface area contributed by atoms with Crippen LogP contribution in [0.15, 0.2) is 54.6 Å². The Bertz CT molecular complexity index is 636. The van der Waals surface area contributed by atoms with Crippen LogP contribution in [0, 0.1) is 5.41 Å². The van der Waals surface area contributed by atoms with Gasteiger partial charge in [-0.05, 0) is 30.5 Å². The maximum absolute atomic E-state index is 7.95. The minimum Gasteiger partial charge on any atom is -0.387 e. The van der Waals surface area contributed by atoms with Crippen LogP contribution < -0.4 is 10.6 Å². The van der Waals surface area contributed by atoms with E-state index in [1.807, 2.05) is 18.2 Å². The fourth-order valence-electron chi connectivity index (χ4n) is 3.17. The van der Waals surface area contributed by atoms with Gasteiger partial charge in [-0.1, -0.05) is 48.5 Å². The predicted octanol–water partition coefficient (Wildman–Crippen LogP) is 3.16. The molecule has 0 saturated carbocycles. The maximum Gasteiger partial charge on any atom is 0.1000 e. The summed E-state index contributed by atoms with van der Waals surface area (Å²) in [7, 11) is 0. The van der Waals surface area contributed by atoms with Gasteiger partial charge >= 0.3 is 0 Å². The summed E-state index contributed by atoms with van der Waals surface area (Å²) in [4.78, 5) is 2.38. The quantitative estimate of drug-likeness (QED) is 0.667. The smallest absolute Gasteiger partial charge is 0.1000 e. The van der Waals surface area contributed by atoms with Crippen LogP contribution in [-0.4, -0.2) is 18.4 Å². The summed E-state index contributed by atoms with van der Waals surface area (Å²) < 4.78 is 0. The molecule has 1 heterocycles. The number of hydrogen-bond donors (Lipinski definition) is 2. The Morgan fingerprint density at radius 1 is 1.19 bits per heavy atom. The van der Waals surface area contributed by atoms with E-state index in [1.165, 1.54) is 11.3 Å². The Morgan fingerprint density at radius 3 is 2.57 bits per heavy atom. The summed E-state index contributed by atoms with van der Waals surface area (Å²) in [5, 5.41) is 7.95. The number of fused-ring (bicyclic) bond motifs is 1. The van der Waals surface area contributed by atoms with E-state index in [-0.39, 0.29) is 11.8 Å². The van der Waals surface area contributed by atoms with E-state index in [0.29, 0.717) is 6.04 Å². The molecule has 2 aromatic carbocycles. The van der Waals surface area contributed by atoms with Crippen LogP contribution in [0.1, 0.15) is 24.0 Å². The summed E-state index contributed by atoms with van der Waals surface area (Å²) >= 11 is 0. The first-order chi connectivity index (χ1) is 10.2. The molecule has 0 fully saturated rings. The molecule has 3 N–H and O–H groups in total. The second-order valence-corrected chi connectivity index (χ2v) is 5.75. The van der Waals surface area contributed by atoms with Crippen molar-refractivity contribution in [3.63, 3.8) is 0 Å². The Labute approximate surface area is 125 Å². The third kappa shape index (κ3) is 2.64. The zero-order valence-electron chi connectivity index (χ0n) is 12.3. The molecule has 0 saturated heterocycles. The Hall–Kier alpha value is -2.29. The molecule has 2 aromatic rings. The fraction of sp³-hybridized carbons (Fsp3) is 0.278. The summed E-state index contributed by atoms with van der Waals surface area (Å²) in [5.41, 5.74) is 9.66. The van der Waals surface area contributed by atoms with E-state index in [2.05, 4.69) is 48.2 Å². The van der Waals surface area contributed by atoms with Gasteiger partial charge in [0.05, 0.1) is 11.8 Å². The Kier molecular flexibility index (Phi) is 3.65. The molecule has 0 bridgehead atoms. The van der Waals surface area contributed by atoms with Crippen LogP contribution in [0.3, 0.4) is 0 Å². The van der Waals surface area contributed by atoms with Gasteiger partial charge in [0.2, 0.25) is 0 Å². The summed E-state index contributed by atoms with van der Waals surface area (Å²) in [6, 6.07) is 19.1. The van der Waals surface area contributed by atoms with Gasteiger partial charge in [0.25, 0.3) is 0 Å². The van der Waals surface area contributed by atoms with Gasteiger partial charge in [0, 0.05) is 18.3 Å². The predicted molar refractivity (Wildman–Crippen MR) is 88.1 cm³/mol. The lowest BCUT2D eigenvalue weighted by molar-refractivity contribution is 0.652. The molecular formula is C18H21N3. The van der Waals surface area contributed by atoms with Gasteiger partial charge in [-0.3, -0.25) is 5.41 Å². The number of nitrogens with two attached hydrogens (primary N) is 1.